The summed E-state index contributed by atoms with van der Waals surface area (Å²) in [6, 6.07) is 19.5. The van der Waals surface area contributed by atoms with E-state index in [2.05, 4.69) is 20.8 Å². The Bertz CT molecular complexity index is 1820. The minimum absolute atomic E-state index is 0.154. The van der Waals surface area contributed by atoms with E-state index >= 15 is 0 Å². The molecule has 2 aliphatic carbocycles. The van der Waals surface area contributed by atoms with Gasteiger partial charge < -0.3 is 15.1 Å². The molecule has 0 saturated heterocycles. The van der Waals surface area contributed by atoms with Crippen molar-refractivity contribution in [2.45, 2.75) is 51.0 Å². The molecule has 0 bridgehead atoms. The van der Waals surface area contributed by atoms with Crippen molar-refractivity contribution in [1.29, 1.82) is 0 Å². The number of hydrogen-bond acceptors (Lipinski definition) is 5. The topological polar surface area (TPSA) is 113 Å². The average Bonchev–Trinajstić information content (AvgIpc) is 3.90. The molecule has 3 N–H and O–H groups in total. The summed E-state index contributed by atoms with van der Waals surface area (Å²) in [4.78, 5) is 31.2. The molecular formula is C33H31N5O3. The molecule has 41 heavy (non-hydrogen) atoms. The normalized spacial score (nSPS) is 15.6. The number of carbonyl (C=O) groups is 2. The summed E-state index contributed by atoms with van der Waals surface area (Å²) in [7, 11) is 1.62. The fourth-order valence-electron chi connectivity index (χ4n) is 5.44. The molecule has 2 heterocycles. The zero-order valence-electron chi connectivity index (χ0n) is 23.3. The number of nitrogens with one attached hydrogen (secondary N) is 3. The van der Waals surface area contributed by atoms with E-state index in [9.17, 15) is 9.59 Å². The summed E-state index contributed by atoms with van der Waals surface area (Å²) in [5, 5.41) is 14.2. The van der Waals surface area contributed by atoms with Crippen LogP contribution in [-0.4, -0.2) is 34.0 Å². The van der Waals surface area contributed by atoms with Gasteiger partial charge in [-0.3, -0.25) is 14.7 Å². The summed E-state index contributed by atoms with van der Waals surface area (Å²) < 4.78 is 6.22. The lowest BCUT2D eigenvalue weighted by Crippen LogP contribution is -2.35. The van der Waals surface area contributed by atoms with Gasteiger partial charge in [0, 0.05) is 29.5 Å². The maximum atomic E-state index is 13.5. The first kappa shape index (κ1) is 25.3. The third-order valence-corrected chi connectivity index (χ3v) is 8.26. The van der Waals surface area contributed by atoms with Crippen molar-refractivity contribution in [3.8, 4) is 22.5 Å². The highest BCUT2D eigenvalue weighted by Gasteiger charge is 2.50. The Hall–Kier alpha value is -4.72. The molecular weight excluding hydrogens is 514 g/mol. The lowest BCUT2D eigenvalue weighted by molar-refractivity contribution is 0.0927. The predicted molar refractivity (Wildman–Crippen MR) is 157 cm³/mol. The zero-order valence-corrected chi connectivity index (χ0v) is 23.3. The van der Waals surface area contributed by atoms with E-state index in [-0.39, 0.29) is 11.8 Å². The summed E-state index contributed by atoms with van der Waals surface area (Å²) in [6.45, 7) is 4.04. The first-order valence-electron chi connectivity index (χ1n) is 14.1. The molecule has 2 fully saturated rings. The molecule has 8 heteroatoms. The SMILES string of the molecule is CNC(=O)c1c(-c2ccc(C)cc2)oc2ccc(-c3cc(C(=O)NC4(c5n[nH]c(C6CC6)n5)CC4)ccc3C)cc12. The second kappa shape index (κ2) is 9.44. The van der Waals surface area contributed by atoms with Gasteiger partial charge in [0.25, 0.3) is 11.8 Å². The minimum atomic E-state index is -0.504. The standard InChI is InChI=1S/C33H31N5O3/c1-18-4-7-20(8-5-18)28-27(31(40)34-3)25-16-22(12-13-26(25)41-28)24-17-23(9-6-19(24)2)30(39)36-33(14-15-33)32-35-29(37-38-32)21-10-11-21/h4-9,12-13,16-17,21H,10-11,14-15H2,1-3H3,(H,34,40)(H,36,39)(H,35,37,38). The van der Waals surface area contributed by atoms with Crippen molar-refractivity contribution in [1.82, 2.24) is 25.8 Å². The predicted octanol–water partition coefficient (Wildman–Crippen LogP) is 6.16. The maximum absolute atomic E-state index is 13.5. The summed E-state index contributed by atoms with van der Waals surface area (Å²) in [5.41, 5.74) is 5.98. The monoisotopic (exact) mass is 545 g/mol. The number of aryl methyl sites for hydroxylation is 2. The first-order valence-corrected chi connectivity index (χ1v) is 14.1. The third-order valence-electron chi connectivity index (χ3n) is 8.26. The van der Waals surface area contributed by atoms with Gasteiger partial charge in [-0.1, -0.05) is 42.0 Å². The molecule has 0 radical (unpaired) electrons. The van der Waals surface area contributed by atoms with Crippen LogP contribution in [0.2, 0.25) is 0 Å². The summed E-state index contributed by atoms with van der Waals surface area (Å²) in [5.74, 6) is 2.25. The van der Waals surface area contributed by atoms with Gasteiger partial charge in [0.05, 0.1) is 5.56 Å². The Kier molecular flexibility index (Phi) is 5.81. The van der Waals surface area contributed by atoms with E-state index in [4.69, 9.17) is 9.40 Å². The van der Waals surface area contributed by atoms with E-state index < -0.39 is 5.54 Å². The Morgan fingerprint density at radius 1 is 0.951 bits per heavy atom. The quantitative estimate of drug-likeness (QED) is 0.227. The largest absolute Gasteiger partial charge is 0.455 e. The van der Waals surface area contributed by atoms with Crippen LogP contribution in [0.4, 0.5) is 0 Å². The zero-order chi connectivity index (χ0) is 28.3. The molecule has 206 valence electrons. The number of carbonyl (C=O) groups excluding carboxylic acids is 2. The number of hydrogen-bond donors (Lipinski definition) is 3. The van der Waals surface area contributed by atoms with E-state index in [0.29, 0.717) is 34.2 Å². The Morgan fingerprint density at radius 3 is 2.41 bits per heavy atom. The smallest absolute Gasteiger partial charge is 0.255 e. The first-order chi connectivity index (χ1) is 19.8. The number of rotatable bonds is 7. The second-order valence-electron chi connectivity index (χ2n) is 11.3. The van der Waals surface area contributed by atoms with Crippen molar-refractivity contribution >= 4 is 22.8 Å². The van der Waals surface area contributed by atoms with Gasteiger partial charge in [-0.15, -0.1) is 0 Å². The summed E-state index contributed by atoms with van der Waals surface area (Å²) in [6.07, 6.45) is 3.93. The maximum Gasteiger partial charge on any atom is 0.255 e. The van der Waals surface area contributed by atoms with Crippen molar-refractivity contribution in [3.05, 3.63) is 94.6 Å². The van der Waals surface area contributed by atoms with Crippen LogP contribution in [0.5, 0.6) is 0 Å². The number of benzene rings is 3. The molecule has 0 atom stereocenters. The van der Waals surface area contributed by atoms with Crippen molar-refractivity contribution in [3.63, 3.8) is 0 Å². The third kappa shape index (κ3) is 4.49. The fourth-order valence-corrected chi connectivity index (χ4v) is 5.44. The molecule has 2 aromatic heterocycles. The van der Waals surface area contributed by atoms with Crippen LogP contribution in [-0.2, 0) is 5.54 Å². The van der Waals surface area contributed by atoms with E-state index in [1.54, 1.807) is 7.05 Å². The van der Waals surface area contributed by atoms with Crippen molar-refractivity contribution in [2.75, 3.05) is 7.05 Å². The highest BCUT2D eigenvalue weighted by Crippen LogP contribution is 2.46. The second-order valence-corrected chi connectivity index (χ2v) is 11.3. The number of aromatic nitrogens is 3. The van der Waals surface area contributed by atoms with Crippen LogP contribution in [0.15, 0.2) is 65.1 Å². The van der Waals surface area contributed by atoms with Crippen LogP contribution in [0.3, 0.4) is 0 Å². The van der Waals surface area contributed by atoms with Crippen molar-refractivity contribution in [2.24, 2.45) is 0 Å². The summed E-state index contributed by atoms with van der Waals surface area (Å²) >= 11 is 0. The molecule has 3 aromatic carbocycles. The van der Waals surface area contributed by atoms with E-state index in [0.717, 1.165) is 64.7 Å². The Balaban J connectivity index is 1.23. The number of H-pyrrole nitrogens is 1. The highest BCUT2D eigenvalue weighted by atomic mass is 16.3. The van der Waals surface area contributed by atoms with Crippen LogP contribution in [0.25, 0.3) is 33.4 Å². The average molecular weight is 546 g/mol. The van der Waals surface area contributed by atoms with Gasteiger partial charge in [0.15, 0.2) is 5.82 Å². The van der Waals surface area contributed by atoms with Crippen LogP contribution < -0.4 is 10.6 Å². The lowest BCUT2D eigenvalue weighted by atomic mass is 9.95. The molecule has 0 spiro atoms. The van der Waals surface area contributed by atoms with E-state index in [1.807, 2.05) is 74.5 Å². The number of nitrogens with zero attached hydrogens (tertiary/aromatic N) is 2. The molecule has 8 nitrogen and oxygen atoms in total. The van der Waals surface area contributed by atoms with Gasteiger partial charge in [-0.2, -0.15) is 5.10 Å². The number of furan rings is 1. The van der Waals surface area contributed by atoms with Gasteiger partial charge in [0.2, 0.25) is 0 Å². The van der Waals surface area contributed by atoms with Crippen molar-refractivity contribution < 1.29 is 14.0 Å². The molecule has 5 aromatic rings. The molecule has 2 aliphatic rings. The van der Waals surface area contributed by atoms with Gasteiger partial charge in [-0.25, -0.2) is 4.98 Å². The van der Waals surface area contributed by atoms with Gasteiger partial charge >= 0.3 is 0 Å². The molecule has 0 aliphatic heterocycles. The van der Waals surface area contributed by atoms with E-state index in [1.165, 1.54) is 0 Å². The lowest BCUT2D eigenvalue weighted by Gasteiger charge is -2.15. The van der Waals surface area contributed by atoms with Crippen LogP contribution in [0, 0.1) is 13.8 Å². The molecule has 7 rings (SSSR count). The number of amides is 2. The van der Waals surface area contributed by atoms with Crippen LogP contribution in [0.1, 0.15) is 75.1 Å². The van der Waals surface area contributed by atoms with Gasteiger partial charge in [-0.05, 0) is 80.5 Å². The minimum Gasteiger partial charge on any atom is -0.455 e. The number of aromatic amines is 1. The highest BCUT2D eigenvalue weighted by molar-refractivity contribution is 6.12. The molecule has 2 saturated carbocycles. The Labute approximate surface area is 237 Å². The molecule has 0 unspecified atom stereocenters. The Morgan fingerprint density at radius 2 is 1.71 bits per heavy atom. The van der Waals surface area contributed by atoms with Gasteiger partial charge in [0.1, 0.15) is 22.7 Å². The number of fused-ring (bicyclic) bond motifs is 1. The fraction of sp³-hybridized carbons (Fsp3) is 0.273. The molecule has 2 amide bonds. The van der Waals surface area contributed by atoms with Crippen LogP contribution >= 0.6 is 0 Å².